The topological polar surface area (TPSA) is 82.9 Å². The SMILES string of the molecule is O=C([O-])c1ccc(Cn2cnc(CNCc3ccccn3)c2)cc1.[K+]. The van der Waals surface area contributed by atoms with Gasteiger partial charge in [-0.3, -0.25) is 4.98 Å². The van der Waals surface area contributed by atoms with E-state index in [9.17, 15) is 9.90 Å². The second-order valence-corrected chi connectivity index (χ2v) is 5.45. The van der Waals surface area contributed by atoms with Crippen molar-refractivity contribution in [3.63, 3.8) is 0 Å². The molecule has 0 aliphatic rings. The molecule has 3 aromatic rings. The molecule has 0 atom stereocenters. The quantitative estimate of drug-likeness (QED) is 0.492. The molecule has 25 heavy (non-hydrogen) atoms. The number of aromatic nitrogens is 3. The number of carbonyl (C=O) groups excluding carboxylic acids is 1. The first-order valence-electron chi connectivity index (χ1n) is 7.62. The maximum atomic E-state index is 10.7. The molecule has 0 amide bonds. The van der Waals surface area contributed by atoms with Crippen LogP contribution in [0.15, 0.2) is 61.2 Å². The summed E-state index contributed by atoms with van der Waals surface area (Å²) in [5, 5.41) is 14.0. The van der Waals surface area contributed by atoms with Gasteiger partial charge in [-0.15, -0.1) is 0 Å². The van der Waals surface area contributed by atoms with Crippen LogP contribution < -0.4 is 61.8 Å². The molecule has 0 radical (unpaired) electrons. The summed E-state index contributed by atoms with van der Waals surface area (Å²) >= 11 is 0. The van der Waals surface area contributed by atoms with Crippen molar-refractivity contribution in [2.75, 3.05) is 0 Å². The smallest absolute Gasteiger partial charge is 0.545 e. The maximum absolute atomic E-state index is 10.7. The Hall–Kier alpha value is -1.35. The van der Waals surface area contributed by atoms with Gasteiger partial charge in [0, 0.05) is 32.0 Å². The van der Waals surface area contributed by atoms with E-state index in [1.54, 1.807) is 36.8 Å². The van der Waals surface area contributed by atoms with Crippen molar-refractivity contribution in [1.82, 2.24) is 19.9 Å². The number of carboxylic acid groups (broad SMARTS) is 1. The minimum absolute atomic E-state index is 0. The van der Waals surface area contributed by atoms with Crippen molar-refractivity contribution in [3.05, 3.63) is 83.7 Å². The van der Waals surface area contributed by atoms with Crippen molar-refractivity contribution in [2.24, 2.45) is 0 Å². The third kappa shape index (κ3) is 6.14. The number of benzene rings is 1. The van der Waals surface area contributed by atoms with Gasteiger partial charge in [-0.05, 0) is 23.3 Å². The fourth-order valence-electron chi connectivity index (χ4n) is 2.36. The summed E-state index contributed by atoms with van der Waals surface area (Å²) < 4.78 is 1.96. The minimum atomic E-state index is -1.16. The summed E-state index contributed by atoms with van der Waals surface area (Å²) in [4.78, 5) is 19.4. The van der Waals surface area contributed by atoms with Crippen LogP contribution in [0.25, 0.3) is 0 Å². The zero-order valence-corrected chi connectivity index (χ0v) is 17.2. The molecular formula is C18H17KN4O2. The number of hydrogen-bond acceptors (Lipinski definition) is 5. The van der Waals surface area contributed by atoms with Crippen LogP contribution in [-0.2, 0) is 19.6 Å². The van der Waals surface area contributed by atoms with Crippen molar-refractivity contribution in [1.29, 1.82) is 0 Å². The van der Waals surface area contributed by atoms with Crippen LogP contribution in [0.5, 0.6) is 0 Å². The van der Waals surface area contributed by atoms with Gasteiger partial charge in [0.25, 0.3) is 0 Å². The van der Waals surface area contributed by atoms with Gasteiger partial charge in [-0.25, -0.2) is 4.98 Å². The molecule has 0 unspecified atom stereocenters. The molecule has 0 bridgehead atoms. The number of carboxylic acids is 1. The summed E-state index contributed by atoms with van der Waals surface area (Å²) in [7, 11) is 0. The molecular weight excluding hydrogens is 343 g/mol. The molecule has 6 nitrogen and oxygen atoms in total. The fraction of sp³-hybridized carbons (Fsp3) is 0.167. The molecule has 2 aromatic heterocycles. The number of aromatic carboxylic acids is 1. The average molecular weight is 360 g/mol. The van der Waals surface area contributed by atoms with Gasteiger partial charge in [-0.2, -0.15) is 0 Å². The van der Waals surface area contributed by atoms with Crippen molar-refractivity contribution in [3.8, 4) is 0 Å². The second kappa shape index (κ2) is 9.96. The fourth-order valence-corrected chi connectivity index (χ4v) is 2.36. The Balaban J connectivity index is 0.00000225. The monoisotopic (exact) mass is 360 g/mol. The summed E-state index contributed by atoms with van der Waals surface area (Å²) in [6.45, 7) is 1.99. The Morgan fingerprint density at radius 3 is 2.48 bits per heavy atom. The van der Waals surface area contributed by atoms with E-state index in [0.717, 1.165) is 17.0 Å². The van der Waals surface area contributed by atoms with Gasteiger partial charge in [-0.1, -0.05) is 30.3 Å². The molecule has 0 fully saturated rings. The molecule has 0 spiro atoms. The molecule has 0 aliphatic heterocycles. The first kappa shape index (κ1) is 20.0. The first-order valence-corrected chi connectivity index (χ1v) is 7.62. The number of nitrogens with one attached hydrogen (secondary N) is 1. The second-order valence-electron chi connectivity index (χ2n) is 5.45. The van der Waals surface area contributed by atoms with Crippen molar-refractivity contribution in [2.45, 2.75) is 19.6 Å². The third-order valence-electron chi connectivity index (χ3n) is 3.58. The van der Waals surface area contributed by atoms with E-state index in [1.807, 2.05) is 29.0 Å². The predicted molar refractivity (Wildman–Crippen MR) is 86.9 cm³/mol. The molecule has 122 valence electrons. The summed E-state index contributed by atoms with van der Waals surface area (Å²) in [6.07, 6.45) is 5.51. The Morgan fingerprint density at radius 1 is 1.04 bits per heavy atom. The summed E-state index contributed by atoms with van der Waals surface area (Å²) in [5.74, 6) is -1.16. The Labute approximate surface area is 188 Å². The van der Waals surface area contributed by atoms with E-state index in [0.29, 0.717) is 19.6 Å². The van der Waals surface area contributed by atoms with Crippen LogP contribution in [-0.4, -0.2) is 20.5 Å². The molecule has 0 saturated heterocycles. The molecule has 3 rings (SSSR count). The van der Waals surface area contributed by atoms with E-state index < -0.39 is 5.97 Å². The Kier molecular flexibility index (Phi) is 7.95. The van der Waals surface area contributed by atoms with Gasteiger partial charge in [0.2, 0.25) is 0 Å². The summed E-state index contributed by atoms with van der Waals surface area (Å²) in [6, 6.07) is 12.5. The molecule has 2 heterocycles. The van der Waals surface area contributed by atoms with Crippen LogP contribution in [0.1, 0.15) is 27.3 Å². The number of nitrogens with zero attached hydrogens (tertiary/aromatic N) is 3. The van der Waals surface area contributed by atoms with E-state index in [4.69, 9.17) is 0 Å². The number of rotatable bonds is 7. The molecule has 7 heteroatoms. The minimum Gasteiger partial charge on any atom is -0.545 e. The predicted octanol–water partition coefficient (Wildman–Crippen LogP) is -2.02. The molecule has 0 aliphatic carbocycles. The van der Waals surface area contributed by atoms with Crippen LogP contribution >= 0.6 is 0 Å². The zero-order valence-electron chi connectivity index (χ0n) is 14.1. The summed E-state index contributed by atoms with van der Waals surface area (Å²) in [5.41, 5.74) is 3.12. The van der Waals surface area contributed by atoms with Crippen LogP contribution in [0.4, 0.5) is 0 Å². The van der Waals surface area contributed by atoms with Crippen LogP contribution in [0.3, 0.4) is 0 Å². The Morgan fingerprint density at radius 2 is 1.80 bits per heavy atom. The normalized spacial score (nSPS) is 10.2. The van der Waals surface area contributed by atoms with Gasteiger partial charge in [0.1, 0.15) is 0 Å². The third-order valence-corrected chi connectivity index (χ3v) is 3.58. The van der Waals surface area contributed by atoms with Crippen LogP contribution in [0.2, 0.25) is 0 Å². The van der Waals surface area contributed by atoms with Crippen LogP contribution in [0, 0.1) is 0 Å². The molecule has 1 N–H and O–H groups in total. The maximum Gasteiger partial charge on any atom is 1.00 e. The van der Waals surface area contributed by atoms with E-state index in [1.165, 1.54) is 0 Å². The van der Waals surface area contributed by atoms with Gasteiger partial charge in [0.15, 0.2) is 0 Å². The van der Waals surface area contributed by atoms with Gasteiger partial charge >= 0.3 is 51.4 Å². The number of carbonyl (C=O) groups is 1. The van der Waals surface area contributed by atoms with Crippen molar-refractivity contribution >= 4 is 5.97 Å². The molecule has 1 aromatic carbocycles. The largest absolute Gasteiger partial charge is 1.00 e. The van der Waals surface area contributed by atoms with E-state index in [2.05, 4.69) is 15.3 Å². The van der Waals surface area contributed by atoms with E-state index in [-0.39, 0.29) is 56.9 Å². The van der Waals surface area contributed by atoms with E-state index >= 15 is 0 Å². The van der Waals surface area contributed by atoms with Gasteiger partial charge < -0.3 is 19.8 Å². The van der Waals surface area contributed by atoms with Gasteiger partial charge in [0.05, 0.1) is 23.7 Å². The first-order chi connectivity index (χ1) is 11.7. The average Bonchev–Trinajstić information content (AvgIpc) is 3.04. The molecule has 0 saturated carbocycles. The van der Waals surface area contributed by atoms with Crippen molar-refractivity contribution < 1.29 is 61.3 Å². The number of hydrogen-bond donors (Lipinski definition) is 1. The number of imidazole rings is 1. The standard InChI is InChI=1S/C18H18N4O2.K/c23-18(24)15-6-4-14(5-7-15)11-22-12-17(21-13-22)10-19-9-16-3-1-2-8-20-16;/h1-8,12-13,19H,9-11H2,(H,23,24);/q;+1/p-1. The zero-order chi connectivity index (χ0) is 16.8. The Bertz CT molecular complexity index is 803. The number of pyridine rings is 1.